The minimum absolute atomic E-state index is 0.0364. The minimum Gasteiger partial charge on any atom is -0.479 e. The second-order valence-corrected chi connectivity index (χ2v) is 5.07. The fourth-order valence-corrected chi connectivity index (χ4v) is 2.11. The second-order valence-electron chi connectivity index (χ2n) is 5.07. The normalized spacial score (nSPS) is 16.1. The van der Waals surface area contributed by atoms with Crippen LogP contribution in [0.1, 0.15) is 24.2 Å². The standard InChI is InChI=1S/C16H18N2O4/c1-4-7-18(11(3)19)9-14(20)12-5-6-15-13(8-12)17-16(21)10(2)22-15/h4-6,8,10H,1,7,9H2,2-3H3,(H,17,21). The molecule has 1 aliphatic heterocycles. The van der Waals surface area contributed by atoms with Crippen LogP contribution in [-0.2, 0) is 9.59 Å². The molecule has 22 heavy (non-hydrogen) atoms. The molecule has 2 rings (SSSR count). The maximum Gasteiger partial charge on any atom is 0.265 e. The molecule has 0 saturated carbocycles. The summed E-state index contributed by atoms with van der Waals surface area (Å²) in [4.78, 5) is 36.7. The van der Waals surface area contributed by atoms with Crippen LogP contribution in [0.5, 0.6) is 5.75 Å². The smallest absolute Gasteiger partial charge is 0.265 e. The number of benzene rings is 1. The Hall–Kier alpha value is -2.63. The topological polar surface area (TPSA) is 75.7 Å². The molecule has 0 fully saturated rings. The average molecular weight is 302 g/mol. The molecule has 0 spiro atoms. The van der Waals surface area contributed by atoms with E-state index in [2.05, 4.69) is 11.9 Å². The molecule has 0 bridgehead atoms. The maximum absolute atomic E-state index is 12.3. The molecule has 1 aromatic carbocycles. The van der Waals surface area contributed by atoms with Gasteiger partial charge in [0.2, 0.25) is 5.91 Å². The minimum atomic E-state index is -0.560. The predicted molar refractivity (Wildman–Crippen MR) is 81.9 cm³/mol. The van der Waals surface area contributed by atoms with E-state index >= 15 is 0 Å². The molecule has 1 unspecified atom stereocenters. The zero-order valence-electron chi connectivity index (χ0n) is 12.6. The summed E-state index contributed by atoms with van der Waals surface area (Å²) in [5, 5.41) is 2.69. The lowest BCUT2D eigenvalue weighted by Crippen LogP contribution is -2.35. The van der Waals surface area contributed by atoms with Gasteiger partial charge < -0.3 is 15.0 Å². The highest BCUT2D eigenvalue weighted by Crippen LogP contribution is 2.30. The van der Waals surface area contributed by atoms with Gasteiger partial charge in [-0.3, -0.25) is 14.4 Å². The Bertz CT molecular complexity index is 639. The van der Waals surface area contributed by atoms with Gasteiger partial charge in [-0.1, -0.05) is 6.08 Å². The van der Waals surface area contributed by atoms with Crippen molar-refractivity contribution in [2.45, 2.75) is 20.0 Å². The van der Waals surface area contributed by atoms with Crippen molar-refractivity contribution in [1.82, 2.24) is 4.90 Å². The van der Waals surface area contributed by atoms with E-state index in [0.29, 0.717) is 23.5 Å². The molecule has 1 aromatic rings. The van der Waals surface area contributed by atoms with Gasteiger partial charge in [0.1, 0.15) is 5.75 Å². The molecule has 1 aliphatic rings. The van der Waals surface area contributed by atoms with Crippen molar-refractivity contribution in [1.29, 1.82) is 0 Å². The number of amides is 2. The first-order valence-corrected chi connectivity index (χ1v) is 6.93. The number of anilines is 1. The number of hydrogen-bond acceptors (Lipinski definition) is 4. The van der Waals surface area contributed by atoms with Crippen LogP contribution in [0, 0.1) is 0 Å². The number of ether oxygens (including phenoxy) is 1. The lowest BCUT2D eigenvalue weighted by Gasteiger charge is -2.24. The number of Topliss-reactive ketones (excluding diaryl/α,β-unsaturated/α-hetero) is 1. The van der Waals surface area contributed by atoms with Crippen LogP contribution in [0.3, 0.4) is 0 Å². The number of hydrogen-bond donors (Lipinski definition) is 1. The SMILES string of the molecule is C=CCN(CC(=O)c1ccc2c(c1)NC(=O)C(C)O2)C(C)=O. The number of ketones is 1. The Labute approximate surface area is 128 Å². The summed E-state index contributed by atoms with van der Waals surface area (Å²) >= 11 is 0. The first-order valence-electron chi connectivity index (χ1n) is 6.93. The molecule has 1 atom stereocenters. The highest BCUT2D eigenvalue weighted by atomic mass is 16.5. The molecule has 6 nitrogen and oxygen atoms in total. The third-order valence-corrected chi connectivity index (χ3v) is 3.36. The van der Waals surface area contributed by atoms with Crippen LogP contribution in [0.15, 0.2) is 30.9 Å². The van der Waals surface area contributed by atoms with Gasteiger partial charge >= 0.3 is 0 Å². The van der Waals surface area contributed by atoms with Crippen molar-refractivity contribution in [3.05, 3.63) is 36.4 Å². The summed E-state index contributed by atoms with van der Waals surface area (Å²) in [6.45, 7) is 6.89. The van der Waals surface area contributed by atoms with Gasteiger partial charge in [0.25, 0.3) is 5.91 Å². The monoisotopic (exact) mass is 302 g/mol. The van der Waals surface area contributed by atoms with Crippen molar-refractivity contribution in [3.63, 3.8) is 0 Å². The van der Waals surface area contributed by atoms with E-state index in [1.54, 1.807) is 31.2 Å². The lowest BCUT2D eigenvalue weighted by atomic mass is 10.1. The number of rotatable bonds is 5. The van der Waals surface area contributed by atoms with Crippen LogP contribution in [0.2, 0.25) is 0 Å². The summed E-state index contributed by atoms with van der Waals surface area (Å²) in [6.07, 6.45) is 1.01. The lowest BCUT2D eigenvalue weighted by molar-refractivity contribution is -0.128. The van der Waals surface area contributed by atoms with Gasteiger partial charge in [0, 0.05) is 19.0 Å². The Morgan fingerprint density at radius 1 is 1.45 bits per heavy atom. The van der Waals surface area contributed by atoms with Crippen molar-refractivity contribution >= 4 is 23.3 Å². The van der Waals surface area contributed by atoms with Crippen molar-refractivity contribution < 1.29 is 19.1 Å². The first kappa shape index (κ1) is 15.8. The predicted octanol–water partition coefficient (Wildman–Crippen LogP) is 1.62. The molecule has 2 amide bonds. The Morgan fingerprint density at radius 2 is 2.18 bits per heavy atom. The highest BCUT2D eigenvalue weighted by molar-refractivity contribution is 6.03. The van der Waals surface area contributed by atoms with Gasteiger partial charge in [-0.25, -0.2) is 0 Å². The number of fused-ring (bicyclic) bond motifs is 1. The summed E-state index contributed by atoms with van der Waals surface area (Å²) in [7, 11) is 0. The molecular formula is C16H18N2O4. The Morgan fingerprint density at radius 3 is 2.82 bits per heavy atom. The van der Waals surface area contributed by atoms with Crippen molar-refractivity contribution in [2.75, 3.05) is 18.4 Å². The Kier molecular flexibility index (Phi) is 4.60. The first-order chi connectivity index (χ1) is 10.4. The molecule has 0 saturated heterocycles. The number of nitrogens with one attached hydrogen (secondary N) is 1. The van der Waals surface area contributed by atoms with Gasteiger partial charge in [-0.2, -0.15) is 0 Å². The zero-order valence-corrected chi connectivity index (χ0v) is 12.6. The second kappa shape index (κ2) is 6.43. The summed E-state index contributed by atoms with van der Waals surface area (Å²) in [5.74, 6) is -0.142. The van der Waals surface area contributed by atoms with E-state index in [0.717, 1.165) is 0 Å². The van der Waals surface area contributed by atoms with Crippen LogP contribution < -0.4 is 10.1 Å². The number of nitrogens with zero attached hydrogens (tertiary/aromatic N) is 1. The quantitative estimate of drug-likeness (QED) is 0.662. The van der Waals surface area contributed by atoms with Crippen LogP contribution >= 0.6 is 0 Å². The molecule has 0 aromatic heterocycles. The maximum atomic E-state index is 12.3. The van der Waals surface area contributed by atoms with Crippen LogP contribution in [-0.4, -0.2) is 41.7 Å². The van der Waals surface area contributed by atoms with Crippen molar-refractivity contribution in [2.24, 2.45) is 0 Å². The van der Waals surface area contributed by atoms with Crippen LogP contribution in [0.25, 0.3) is 0 Å². The largest absolute Gasteiger partial charge is 0.479 e. The molecular weight excluding hydrogens is 284 g/mol. The van der Waals surface area contributed by atoms with Gasteiger partial charge in [0.15, 0.2) is 11.9 Å². The van der Waals surface area contributed by atoms with Gasteiger partial charge in [0.05, 0.1) is 12.2 Å². The van der Waals surface area contributed by atoms with Gasteiger partial charge in [-0.15, -0.1) is 6.58 Å². The Balaban J connectivity index is 2.17. The van der Waals surface area contributed by atoms with E-state index < -0.39 is 6.10 Å². The van der Waals surface area contributed by atoms with E-state index in [4.69, 9.17) is 4.74 Å². The third-order valence-electron chi connectivity index (χ3n) is 3.36. The van der Waals surface area contributed by atoms with E-state index in [1.807, 2.05) is 0 Å². The van der Waals surface area contributed by atoms with E-state index in [9.17, 15) is 14.4 Å². The molecule has 0 radical (unpaired) electrons. The van der Waals surface area contributed by atoms with Gasteiger partial charge in [-0.05, 0) is 25.1 Å². The molecule has 1 N–H and O–H groups in total. The fraction of sp³-hybridized carbons (Fsp3) is 0.312. The third kappa shape index (κ3) is 3.33. The average Bonchev–Trinajstić information content (AvgIpc) is 2.47. The molecule has 0 aliphatic carbocycles. The van der Waals surface area contributed by atoms with E-state index in [1.165, 1.54) is 11.8 Å². The number of carbonyl (C=O) groups excluding carboxylic acids is 3. The molecule has 6 heteroatoms. The number of carbonyl (C=O) groups is 3. The zero-order chi connectivity index (χ0) is 16.3. The van der Waals surface area contributed by atoms with Crippen molar-refractivity contribution in [3.8, 4) is 5.75 Å². The fourth-order valence-electron chi connectivity index (χ4n) is 2.11. The van der Waals surface area contributed by atoms with Crippen LogP contribution in [0.4, 0.5) is 5.69 Å². The summed E-state index contributed by atoms with van der Waals surface area (Å²) < 4.78 is 5.44. The molecule has 116 valence electrons. The highest BCUT2D eigenvalue weighted by Gasteiger charge is 2.24. The summed E-state index contributed by atoms with van der Waals surface area (Å²) in [6, 6.07) is 4.83. The molecule has 1 heterocycles. The summed E-state index contributed by atoms with van der Waals surface area (Å²) in [5.41, 5.74) is 0.875. The van der Waals surface area contributed by atoms with E-state index in [-0.39, 0.29) is 24.1 Å².